The van der Waals surface area contributed by atoms with Crippen LogP contribution in [0.2, 0.25) is 10.0 Å². The van der Waals surface area contributed by atoms with Gasteiger partial charge in [-0.1, -0.05) is 43.1 Å². The number of benzene rings is 1. The Morgan fingerprint density at radius 1 is 1.31 bits per heavy atom. The van der Waals surface area contributed by atoms with Crippen LogP contribution in [0.1, 0.15) is 25.8 Å². The van der Waals surface area contributed by atoms with Gasteiger partial charge >= 0.3 is 0 Å². The zero-order valence-corrected chi connectivity index (χ0v) is 11.6. The average Bonchev–Trinajstić information content (AvgIpc) is 2.24. The summed E-state index contributed by atoms with van der Waals surface area (Å²) in [5.41, 5.74) is 1.17. The fraction of sp³-hybridized carbons (Fsp3) is 0.538. The molecule has 0 aliphatic heterocycles. The molecule has 1 aromatic rings. The van der Waals surface area contributed by atoms with Gasteiger partial charge in [-0.25, -0.2) is 0 Å². The summed E-state index contributed by atoms with van der Waals surface area (Å²) in [4.78, 5) is 0. The van der Waals surface area contributed by atoms with E-state index in [0.29, 0.717) is 17.0 Å². The predicted molar refractivity (Wildman–Crippen MR) is 72.5 cm³/mol. The second kappa shape index (κ2) is 6.48. The molecule has 3 heteroatoms. The summed E-state index contributed by atoms with van der Waals surface area (Å²) in [5, 5.41) is 4.80. The Kier molecular flexibility index (Phi) is 5.60. The zero-order chi connectivity index (χ0) is 12.1. The highest BCUT2D eigenvalue weighted by molar-refractivity contribution is 6.35. The Balaban J connectivity index is 2.72. The molecule has 0 radical (unpaired) electrons. The van der Waals surface area contributed by atoms with Crippen molar-refractivity contribution in [2.24, 2.45) is 5.92 Å². The molecule has 0 saturated heterocycles. The Hall–Kier alpha value is -0.240. The summed E-state index contributed by atoms with van der Waals surface area (Å²) in [6, 6.07) is 6.26. The van der Waals surface area contributed by atoms with Gasteiger partial charge in [0.2, 0.25) is 0 Å². The SMILES string of the molecule is CCC(NC)C(C)Cc1ccc(Cl)cc1Cl. The number of rotatable bonds is 5. The quantitative estimate of drug-likeness (QED) is 0.837. The van der Waals surface area contributed by atoms with Gasteiger partial charge in [-0.05, 0) is 43.5 Å². The molecule has 0 amide bonds. The van der Waals surface area contributed by atoms with E-state index in [-0.39, 0.29) is 0 Å². The maximum Gasteiger partial charge on any atom is 0.0452 e. The van der Waals surface area contributed by atoms with E-state index in [1.807, 2.05) is 25.2 Å². The average molecular weight is 260 g/mol. The van der Waals surface area contributed by atoms with Gasteiger partial charge in [0.1, 0.15) is 0 Å². The standard InChI is InChI=1S/C13H19Cl2N/c1-4-13(16-3)9(2)7-10-5-6-11(14)8-12(10)15/h5-6,8-9,13,16H,4,7H2,1-3H3. The van der Waals surface area contributed by atoms with Crippen LogP contribution in [0.15, 0.2) is 18.2 Å². The minimum atomic E-state index is 0.534. The van der Waals surface area contributed by atoms with E-state index in [1.54, 1.807) is 0 Å². The fourth-order valence-corrected chi connectivity index (χ4v) is 2.55. The summed E-state index contributed by atoms with van der Waals surface area (Å²) < 4.78 is 0. The maximum absolute atomic E-state index is 6.16. The van der Waals surface area contributed by atoms with E-state index in [2.05, 4.69) is 19.2 Å². The second-order valence-electron chi connectivity index (χ2n) is 4.22. The van der Waals surface area contributed by atoms with Gasteiger partial charge in [0.05, 0.1) is 0 Å². The lowest BCUT2D eigenvalue weighted by Crippen LogP contribution is -2.32. The lowest BCUT2D eigenvalue weighted by molar-refractivity contribution is 0.387. The number of hydrogen-bond donors (Lipinski definition) is 1. The summed E-state index contributed by atoms with van der Waals surface area (Å²) in [6.07, 6.45) is 2.11. The molecule has 0 bridgehead atoms. The van der Waals surface area contributed by atoms with E-state index in [4.69, 9.17) is 23.2 Å². The van der Waals surface area contributed by atoms with Gasteiger partial charge in [0.25, 0.3) is 0 Å². The molecule has 0 aliphatic rings. The third-order valence-electron chi connectivity index (χ3n) is 3.05. The minimum absolute atomic E-state index is 0.534. The van der Waals surface area contributed by atoms with Crippen molar-refractivity contribution in [2.45, 2.75) is 32.7 Å². The predicted octanol–water partition coefficient (Wildman–Crippen LogP) is 4.17. The van der Waals surface area contributed by atoms with E-state index in [1.165, 1.54) is 5.56 Å². The molecular formula is C13H19Cl2N. The van der Waals surface area contributed by atoms with Crippen molar-refractivity contribution >= 4 is 23.2 Å². The topological polar surface area (TPSA) is 12.0 Å². The van der Waals surface area contributed by atoms with Crippen LogP contribution < -0.4 is 5.32 Å². The molecule has 0 heterocycles. The van der Waals surface area contributed by atoms with Crippen LogP contribution >= 0.6 is 23.2 Å². The van der Waals surface area contributed by atoms with Crippen LogP contribution in [-0.4, -0.2) is 13.1 Å². The van der Waals surface area contributed by atoms with Crippen molar-refractivity contribution in [3.63, 3.8) is 0 Å². The minimum Gasteiger partial charge on any atom is -0.317 e. The smallest absolute Gasteiger partial charge is 0.0452 e. The van der Waals surface area contributed by atoms with Gasteiger partial charge in [0, 0.05) is 16.1 Å². The van der Waals surface area contributed by atoms with Crippen LogP contribution in [-0.2, 0) is 6.42 Å². The van der Waals surface area contributed by atoms with Gasteiger partial charge in [0.15, 0.2) is 0 Å². The molecule has 90 valence electrons. The van der Waals surface area contributed by atoms with Gasteiger partial charge in [-0.2, -0.15) is 0 Å². The van der Waals surface area contributed by atoms with Gasteiger partial charge in [-0.15, -0.1) is 0 Å². The van der Waals surface area contributed by atoms with E-state index < -0.39 is 0 Å². The molecular weight excluding hydrogens is 241 g/mol. The Labute approximate surface area is 108 Å². The summed E-state index contributed by atoms with van der Waals surface area (Å²) in [7, 11) is 2.01. The second-order valence-corrected chi connectivity index (χ2v) is 5.06. The molecule has 1 nitrogen and oxygen atoms in total. The molecule has 1 aromatic carbocycles. The normalized spacial score (nSPS) is 14.8. The Morgan fingerprint density at radius 3 is 2.50 bits per heavy atom. The number of halogens is 2. The zero-order valence-electron chi connectivity index (χ0n) is 10.1. The monoisotopic (exact) mass is 259 g/mol. The molecule has 1 rings (SSSR count). The number of nitrogens with one attached hydrogen (secondary N) is 1. The van der Waals surface area contributed by atoms with Crippen LogP contribution in [0, 0.1) is 5.92 Å². The van der Waals surface area contributed by atoms with Crippen LogP contribution in [0.25, 0.3) is 0 Å². The summed E-state index contributed by atoms with van der Waals surface area (Å²) in [6.45, 7) is 4.44. The van der Waals surface area contributed by atoms with Crippen molar-refractivity contribution in [3.8, 4) is 0 Å². The first kappa shape index (κ1) is 13.8. The highest BCUT2D eigenvalue weighted by Crippen LogP contribution is 2.24. The van der Waals surface area contributed by atoms with Crippen molar-refractivity contribution in [2.75, 3.05) is 7.05 Å². The highest BCUT2D eigenvalue weighted by Gasteiger charge is 2.15. The molecule has 0 aliphatic carbocycles. The molecule has 16 heavy (non-hydrogen) atoms. The molecule has 1 N–H and O–H groups in total. The third-order valence-corrected chi connectivity index (χ3v) is 3.64. The maximum atomic E-state index is 6.16. The van der Waals surface area contributed by atoms with Crippen LogP contribution in [0.4, 0.5) is 0 Å². The summed E-state index contributed by atoms with van der Waals surface area (Å²) in [5.74, 6) is 0.564. The van der Waals surface area contributed by atoms with Gasteiger partial charge < -0.3 is 5.32 Å². The van der Waals surface area contributed by atoms with Gasteiger partial charge in [-0.3, -0.25) is 0 Å². The van der Waals surface area contributed by atoms with Crippen molar-refractivity contribution < 1.29 is 0 Å². The van der Waals surface area contributed by atoms with Crippen LogP contribution in [0.5, 0.6) is 0 Å². The number of hydrogen-bond acceptors (Lipinski definition) is 1. The third kappa shape index (κ3) is 3.65. The van der Waals surface area contributed by atoms with Crippen LogP contribution in [0.3, 0.4) is 0 Å². The Bertz CT molecular complexity index is 335. The summed E-state index contributed by atoms with van der Waals surface area (Å²) >= 11 is 12.0. The van der Waals surface area contributed by atoms with E-state index >= 15 is 0 Å². The molecule has 2 atom stereocenters. The van der Waals surface area contributed by atoms with Crippen molar-refractivity contribution in [1.82, 2.24) is 5.32 Å². The molecule has 0 saturated carbocycles. The largest absolute Gasteiger partial charge is 0.317 e. The highest BCUT2D eigenvalue weighted by atomic mass is 35.5. The first-order valence-corrected chi connectivity index (χ1v) is 6.45. The lowest BCUT2D eigenvalue weighted by Gasteiger charge is -2.22. The van der Waals surface area contributed by atoms with Crippen molar-refractivity contribution in [3.05, 3.63) is 33.8 Å². The first-order chi connectivity index (χ1) is 7.58. The Morgan fingerprint density at radius 2 is 2.00 bits per heavy atom. The molecule has 2 unspecified atom stereocenters. The molecule has 0 spiro atoms. The molecule has 0 fully saturated rings. The van der Waals surface area contributed by atoms with E-state index in [0.717, 1.165) is 17.9 Å². The van der Waals surface area contributed by atoms with Crippen molar-refractivity contribution in [1.29, 1.82) is 0 Å². The van der Waals surface area contributed by atoms with E-state index in [9.17, 15) is 0 Å². The fourth-order valence-electron chi connectivity index (χ4n) is 2.07. The first-order valence-electron chi connectivity index (χ1n) is 5.69. The molecule has 0 aromatic heterocycles. The lowest BCUT2D eigenvalue weighted by atomic mass is 9.92.